The van der Waals surface area contributed by atoms with Crippen LogP contribution in [0.1, 0.15) is 40.4 Å². The molecule has 1 amide bonds. The quantitative estimate of drug-likeness (QED) is 0.923. The maximum atomic E-state index is 12.5. The van der Waals surface area contributed by atoms with E-state index in [0.717, 1.165) is 19.3 Å². The molecule has 0 saturated carbocycles. The second kappa shape index (κ2) is 6.41. The number of methoxy groups -OCH3 is 1. The SMILES string of the molecule is COc1ccc(C(=O)NC2CCCc3ccccc32)cc1Cl. The molecule has 3 nitrogen and oxygen atoms in total. The monoisotopic (exact) mass is 315 g/mol. The Labute approximate surface area is 135 Å². The maximum Gasteiger partial charge on any atom is 0.251 e. The van der Waals surface area contributed by atoms with Crippen molar-refractivity contribution in [3.8, 4) is 5.75 Å². The first kappa shape index (κ1) is 14.9. The van der Waals surface area contributed by atoms with Crippen molar-refractivity contribution in [1.29, 1.82) is 0 Å². The zero-order valence-electron chi connectivity index (χ0n) is 12.4. The standard InChI is InChI=1S/C18H18ClNO2/c1-22-17-10-9-13(11-15(17)19)18(21)20-16-8-4-6-12-5-2-3-7-14(12)16/h2-3,5,7,9-11,16H,4,6,8H2,1H3,(H,20,21). The number of aryl methyl sites for hydroxylation is 1. The Hall–Kier alpha value is -2.00. The number of carbonyl (C=O) groups excluding carboxylic acids is 1. The number of amides is 1. The molecular weight excluding hydrogens is 298 g/mol. The van der Waals surface area contributed by atoms with Crippen molar-refractivity contribution in [2.75, 3.05) is 7.11 Å². The van der Waals surface area contributed by atoms with Gasteiger partial charge in [0.05, 0.1) is 18.2 Å². The van der Waals surface area contributed by atoms with Gasteiger partial charge in [-0.25, -0.2) is 0 Å². The predicted octanol–water partition coefficient (Wildman–Crippen LogP) is 4.16. The second-order valence-corrected chi connectivity index (χ2v) is 5.87. The molecule has 114 valence electrons. The molecule has 4 heteroatoms. The lowest BCUT2D eigenvalue weighted by molar-refractivity contribution is 0.0932. The lowest BCUT2D eigenvalue weighted by Crippen LogP contribution is -2.30. The Morgan fingerprint density at radius 2 is 2.09 bits per heavy atom. The van der Waals surface area contributed by atoms with E-state index < -0.39 is 0 Å². The average Bonchev–Trinajstić information content (AvgIpc) is 2.55. The number of hydrogen-bond acceptors (Lipinski definition) is 2. The lowest BCUT2D eigenvalue weighted by Gasteiger charge is -2.26. The molecule has 1 N–H and O–H groups in total. The highest BCUT2D eigenvalue weighted by Crippen LogP contribution is 2.30. The molecule has 1 unspecified atom stereocenters. The summed E-state index contributed by atoms with van der Waals surface area (Å²) in [6, 6.07) is 13.5. The molecule has 0 bridgehead atoms. The average molecular weight is 316 g/mol. The van der Waals surface area contributed by atoms with Gasteiger partial charge in [-0.15, -0.1) is 0 Å². The molecule has 0 saturated heterocycles. The number of rotatable bonds is 3. The van der Waals surface area contributed by atoms with Crippen LogP contribution in [0.25, 0.3) is 0 Å². The largest absolute Gasteiger partial charge is 0.495 e. The van der Waals surface area contributed by atoms with Crippen LogP contribution in [0.5, 0.6) is 5.75 Å². The summed E-state index contributed by atoms with van der Waals surface area (Å²) in [5.41, 5.74) is 3.10. The van der Waals surface area contributed by atoms with Gasteiger partial charge in [0.15, 0.2) is 0 Å². The van der Waals surface area contributed by atoms with Gasteiger partial charge >= 0.3 is 0 Å². The smallest absolute Gasteiger partial charge is 0.251 e. The van der Waals surface area contributed by atoms with E-state index in [1.54, 1.807) is 25.3 Å². The minimum absolute atomic E-state index is 0.0679. The summed E-state index contributed by atoms with van der Waals surface area (Å²) in [6.07, 6.45) is 3.13. The van der Waals surface area contributed by atoms with Crippen molar-refractivity contribution in [1.82, 2.24) is 5.32 Å². The van der Waals surface area contributed by atoms with Crippen LogP contribution in [-0.2, 0) is 6.42 Å². The van der Waals surface area contributed by atoms with Crippen LogP contribution in [0.3, 0.4) is 0 Å². The van der Waals surface area contributed by atoms with Crippen LogP contribution >= 0.6 is 11.6 Å². The normalized spacial score (nSPS) is 16.7. The molecular formula is C18H18ClNO2. The van der Waals surface area contributed by atoms with Crippen molar-refractivity contribution >= 4 is 17.5 Å². The molecule has 0 aromatic heterocycles. The first-order chi connectivity index (χ1) is 10.7. The molecule has 0 fully saturated rings. The molecule has 2 aromatic rings. The van der Waals surface area contributed by atoms with Crippen LogP contribution in [-0.4, -0.2) is 13.0 Å². The molecule has 1 aliphatic carbocycles. The number of carbonyl (C=O) groups is 1. The molecule has 0 heterocycles. The van der Waals surface area contributed by atoms with E-state index >= 15 is 0 Å². The summed E-state index contributed by atoms with van der Waals surface area (Å²) in [6.45, 7) is 0. The van der Waals surface area contributed by atoms with Gasteiger partial charge in [-0.3, -0.25) is 4.79 Å². The van der Waals surface area contributed by atoms with E-state index in [0.29, 0.717) is 16.3 Å². The highest BCUT2D eigenvalue weighted by atomic mass is 35.5. The van der Waals surface area contributed by atoms with Gasteiger partial charge in [0, 0.05) is 5.56 Å². The molecule has 0 radical (unpaired) electrons. The minimum Gasteiger partial charge on any atom is -0.495 e. The van der Waals surface area contributed by atoms with Crippen molar-refractivity contribution in [2.45, 2.75) is 25.3 Å². The Bertz CT molecular complexity index is 699. The van der Waals surface area contributed by atoms with E-state index in [-0.39, 0.29) is 11.9 Å². The number of benzene rings is 2. The van der Waals surface area contributed by atoms with Crippen LogP contribution in [0, 0.1) is 0 Å². The van der Waals surface area contributed by atoms with Gasteiger partial charge < -0.3 is 10.1 Å². The topological polar surface area (TPSA) is 38.3 Å². The van der Waals surface area contributed by atoms with Crippen molar-refractivity contribution in [3.05, 3.63) is 64.2 Å². The highest BCUT2D eigenvalue weighted by Gasteiger charge is 2.22. The van der Waals surface area contributed by atoms with Crippen molar-refractivity contribution in [2.24, 2.45) is 0 Å². The number of nitrogens with one attached hydrogen (secondary N) is 1. The molecule has 0 aliphatic heterocycles. The van der Waals surface area contributed by atoms with Gasteiger partial charge in [0.2, 0.25) is 0 Å². The summed E-state index contributed by atoms with van der Waals surface area (Å²) in [7, 11) is 1.56. The van der Waals surface area contributed by atoms with E-state index in [2.05, 4.69) is 17.4 Å². The number of halogens is 1. The summed E-state index contributed by atoms with van der Waals surface area (Å²) in [5, 5.41) is 3.56. The minimum atomic E-state index is -0.105. The molecule has 22 heavy (non-hydrogen) atoms. The van der Waals surface area contributed by atoms with Crippen LogP contribution < -0.4 is 10.1 Å². The summed E-state index contributed by atoms with van der Waals surface area (Å²) >= 11 is 6.09. The Morgan fingerprint density at radius 1 is 1.27 bits per heavy atom. The Morgan fingerprint density at radius 3 is 2.86 bits per heavy atom. The molecule has 1 aliphatic rings. The van der Waals surface area contributed by atoms with Crippen LogP contribution in [0.15, 0.2) is 42.5 Å². The van der Waals surface area contributed by atoms with E-state index in [9.17, 15) is 4.79 Å². The highest BCUT2D eigenvalue weighted by molar-refractivity contribution is 6.32. The van der Waals surface area contributed by atoms with Crippen molar-refractivity contribution < 1.29 is 9.53 Å². The predicted molar refractivity (Wildman–Crippen MR) is 87.6 cm³/mol. The van der Waals surface area contributed by atoms with E-state index in [1.165, 1.54) is 11.1 Å². The second-order valence-electron chi connectivity index (χ2n) is 5.47. The summed E-state index contributed by atoms with van der Waals surface area (Å²) in [5.74, 6) is 0.465. The first-order valence-corrected chi connectivity index (χ1v) is 7.79. The Kier molecular flexibility index (Phi) is 4.34. The van der Waals surface area contributed by atoms with Gasteiger partial charge in [0.25, 0.3) is 5.91 Å². The van der Waals surface area contributed by atoms with Gasteiger partial charge in [-0.1, -0.05) is 35.9 Å². The third-order valence-electron chi connectivity index (χ3n) is 4.09. The third kappa shape index (κ3) is 2.95. The summed E-state index contributed by atoms with van der Waals surface area (Å²) in [4.78, 5) is 12.5. The number of ether oxygens (including phenoxy) is 1. The number of hydrogen-bond donors (Lipinski definition) is 1. The van der Waals surface area contributed by atoms with Crippen LogP contribution in [0.4, 0.5) is 0 Å². The van der Waals surface area contributed by atoms with Crippen molar-refractivity contribution in [3.63, 3.8) is 0 Å². The van der Waals surface area contributed by atoms with Gasteiger partial charge in [-0.2, -0.15) is 0 Å². The zero-order chi connectivity index (χ0) is 15.5. The fourth-order valence-corrected chi connectivity index (χ4v) is 3.21. The third-order valence-corrected chi connectivity index (χ3v) is 4.38. The molecule has 2 aromatic carbocycles. The van der Waals surface area contributed by atoms with Crippen LogP contribution in [0.2, 0.25) is 5.02 Å². The van der Waals surface area contributed by atoms with Gasteiger partial charge in [-0.05, 0) is 48.6 Å². The molecule has 3 rings (SSSR count). The number of fused-ring (bicyclic) bond motifs is 1. The molecule has 1 atom stereocenters. The molecule has 0 spiro atoms. The maximum absolute atomic E-state index is 12.5. The Balaban J connectivity index is 1.79. The van der Waals surface area contributed by atoms with E-state index in [1.807, 2.05) is 12.1 Å². The lowest BCUT2D eigenvalue weighted by atomic mass is 9.87. The summed E-state index contributed by atoms with van der Waals surface area (Å²) < 4.78 is 5.11. The fraction of sp³-hybridized carbons (Fsp3) is 0.278. The van der Waals surface area contributed by atoms with E-state index in [4.69, 9.17) is 16.3 Å². The first-order valence-electron chi connectivity index (χ1n) is 7.41. The van der Waals surface area contributed by atoms with Gasteiger partial charge in [0.1, 0.15) is 5.75 Å². The zero-order valence-corrected chi connectivity index (χ0v) is 13.2. The fourth-order valence-electron chi connectivity index (χ4n) is 2.95.